The van der Waals surface area contributed by atoms with Crippen molar-refractivity contribution in [1.82, 2.24) is 0 Å². The van der Waals surface area contributed by atoms with Gasteiger partial charge in [0.15, 0.2) is 6.23 Å². The Morgan fingerprint density at radius 2 is 1.77 bits per heavy atom. The lowest BCUT2D eigenvalue weighted by Gasteiger charge is -2.28. The molecule has 80 valence electrons. The fraction of sp³-hybridized carbons (Fsp3) is 0.875. The van der Waals surface area contributed by atoms with E-state index in [1.165, 1.54) is 0 Å². The van der Waals surface area contributed by atoms with E-state index >= 15 is 0 Å². The molecule has 0 spiro atoms. The third-order valence-electron chi connectivity index (χ3n) is 1.37. The zero-order valence-corrected chi connectivity index (χ0v) is 9.38. The van der Waals surface area contributed by atoms with E-state index in [1.54, 1.807) is 0 Å². The molecule has 1 atom stereocenters. The van der Waals surface area contributed by atoms with Crippen LogP contribution in [0.1, 0.15) is 13.3 Å². The monoisotopic (exact) mass is 212 g/mol. The molecular formula is C8H19ClNO3+. The second-order valence-corrected chi connectivity index (χ2v) is 3.80. The predicted octanol–water partition coefficient (Wildman–Crippen LogP) is 0.731. The zero-order chi connectivity index (χ0) is 11.1. The largest absolute Gasteiger partial charge is 0.480 e. The Labute approximate surface area is 84.3 Å². The van der Waals surface area contributed by atoms with Gasteiger partial charge in [-0.1, -0.05) is 6.92 Å². The summed E-state index contributed by atoms with van der Waals surface area (Å²) in [5.74, 6) is -1.29. The van der Waals surface area contributed by atoms with Gasteiger partial charge in [-0.15, -0.1) is 11.6 Å². The van der Waals surface area contributed by atoms with Crippen LogP contribution < -0.4 is 0 Å². The number of carboxylic acid groups (broad SMARTS) is 1. The maximum Gasteiger partial charge on any atom is 0.318 e. The Kier molecular flexibility index (Phi) is 8.30. The minimum atomic E-state index is -0.980. The third-order valence-corrected chi connectivity index (χ3v) is 1.60. The molecular weight excluding hydrogens is 194 g/mol. The van der Waals surface area contributed by atoms with E-state index in [0.717, 1.165) is 6.42 Å². The van der Waals surface area contributed by atoms with Crippen LogP contribution in [0.3, 0.4) is 0 Å². The average molecular weight is 213 g/mol. The summed E-state index contributed by atoms with van der Waals surface area (Å²) in [5.41, 5.74) is 0. The van der Waals surface area contributed by atoms with Gasteiger partial charge in [0.25, 0.3) is 0 Å². The molecule has 13 heavy (non-hydrogen) atoms. The molecule has 0 aliphatic carbocycles. The first kappa shape index (κ1) is 15.2. The van der Waals surface area contributed by atoms with Crippen LogP contribution in [-0.2, 0) is 4.79 Å². The minimum absolute atomic E-state index is 0.213. The molecule has 0 aromatic carbocycles. The van der Waals surface area contributed by atoms with Crippen molar-refractivity contribution < 1.29 is 19.5 Å². The fourth-order valence-electron chi connectivity index (χ4n) is 0.548. The van der Waals surface area contributed by atoms with E-state index in [2.05, 4.69) is 0 Å². The number of quaternary nitrogens is 1. The normalized spacial score (nSPS) is 12.8. The highest BCUT2D eigenvalue weighted by Crippen LogP contribution is 2.01. The number of aliphatic hydroxyl groups excluding tert-OH is 1. The van der Waals surface area contributed by atoms with Gasteiger partial charge >= 0.3 is 5.97 Å². The number of aliphatic hydroxyl groups is 1. The number of hydrogen-bond acceptors (Lipinski definition) is 2. The molecule has 0 amide bonds. The fourth-order valence-corrected chi connectivity index (χ4v) is 0.548. The Bertz CT molecular complexity index is 145. The van der Waals surface area contributed by atoms with Crippen LogP contribution in [0.2, 0.25) is 0 Å². The number of hydrogen-bond donors (Lipinski definition) is 2. The van der Waals surface area contributed by atoms with Crippen molar-refractivity contribution in [3.05, 3.63) is 0 Å². The highest BCUT2D eigenvalue weighted by molar-refractivity contribution is 6.26. The van der Waals surface area contributed by atoms with Gasteiger partial charge in [-0.05, 0) is 0 Å². The Hall–Kier alpha value is -0.320. The first-order valence-electron chi connectivity index (χ1n) is 4.02. The third kappa shape index (κ3) is 11.7. The number of nitrogens with zero attached hydrogens (tertiary/aromatic N) is 1. The number of carbonyl (C=O) groups is 1. The minimum Gasteiger partial charge on any atom is -0.480 e. The second kappa shape index (κ2) is 7.12. The smallest absolute Gasteiger partial charge is 0.318 e. The molecule has 0 radical (unpaired) electrons. The summed E-state index contributed by atoms with van der Waals surface area (Å²) >= 11 is 4.74. The molecule has 0 fully saturated rings. The lowest BCUT2D eigenvalue weighted by molar-refractivity contribution is -0.918. The average Bonchev–Trinajstić information content (AvgIpc) is 2.02. The lowest BCUT2D eigenvalue weighted by atomic mass is 10.4. The van der Waals surface area contributed by atoms with Gasteiger partial charge in [-0.3, -0.25) is 4.79 Å². The van der Waals surface area contributed by atoms with Crippen LogP contribution >= 0.6 is 11.6 Å². The van der Waals surface area contributed by atoms with Gasteiger partial charge in [-0.2, -0.15) is 0 Å². The topological polar surface area (TPSA) is 57.5 Å². The van der Waals surface area contributed by atoms with Crippen LogP contribution in [-0.4, -0.2) is 53.9 Å². The molecule has 4 nitrogen and oxygen atoms in total. The van der Waals surface area contributed by atoms with Gasteiger partial charge in [0.2, 0.25) is 0 Å². The van der Waals surface area contributed by atoms with Gasteiger partial charge in [0, 0.05) is 6.42 Å². The Balaban J connectivity index is 0. The molecule has 0 rings (SSSR count). The second-order valence-electron chi connectivity index (χ2n) is 3.53. The quantitative estimate of drug-likeness (QED) is 0.412. The number of aliphatic carboxylic acids is 1. The summed E-state index contributed by atoms with van der Waals surface area (Å²) in [7, 11) is 5.94. The molecule has 0 aromatic heterocycles. The summed E-state index contributed by atoms with van der Waals surface area (Å²) in [6.45, 7) is 1.98. The molecule has 0 heterocycles. The first-order chi connectivity index (χ1) is 5.75. The van der Waals surface area contributed by atoms with E-state index in [-0.39, 0.29) is 12.1 Å². The van der Waals surface area contributed by atoms with E-state index in [9.17, 15) is 4.79 Å². The summed E-state index contributed by atoms with van der Waals surface area (Å²) in [6, 6.07) is 0. The van der Waals surface area contributed by atoms with Crippen molar-refractivity contribution in [2.75, 3.05) is 27.0 Å². The van der Waals surface area contributed by atoms with E-state index in [4.69, 9.17) is 21.8 Å². The molecule has 0 aliphatic rings. The number of rotatable bonds is 3. The molecule has 5 heteroatoms. The number of alkyl halides is 1. The Morgan fingerprint density at radius 1 is 1.46 bits per heavy atom. The van der Waals surface area contributed by atoms with Gasteiger partial charge in [0.05, 0.1) is 21.1 Å². The van der Waals surface area contributed by atoms with Crippen molar-refractivity contribution in [2.45, 2.75) is 19.6 Å². The van der Waals surface area contributed by atoms with Crippen LogP contribution in [0, 0.1) is 0 Å². The summed E-state index contributed by atoms with van der Waals surface area (Å²) < 4.78 is 0.635. The highest BCUT2D eigenvalue weighted by atomic mass is 35.5. The van der Waals surface area contributed by atoms with Crippen molar-refractivity contribution in [2.24, 2.45) is 0 Å². The standard InChI is InChI=1S/C6H16NO.C2H3ClO2/c1-5-6(8)7(2,3)4;3-1-2(4)5/h6,8H,5H2,1-4H3;1H2,(H,4,5)/q+1;. The molecule has 0 saturated carbocycles. The first-order valence-corrected chi connectivity index (χ1v) is 4.56. The SMILES string of the molecule is CCC(O)[N+](C)(C)C.O=C(O)CCl. The van der Waals surface area contributed by atoms with Crippen molar-refractivity contribution in [3.63, 3.8) is 0 Å². The molecule has 0 aliphatic heterocycles. The molecule has 2 N–H and O–H groups in total. The summed E-state index contributed by atoms with van der Waals surface area (Å²) in [4.78, 5) is 9.24. The van der Waals surface area contributed by atoms with Crippen LogP contribution in [0.15, 0.2) is 0 Å². The summed E-state index contributed by atoms with van der Waals surface area (Å²) in [5, 5.41) is 16.8. The van der Waals surface area contributed by atoms with Gasteiger partial charge in [-0.25, -0.2) is 0 Å². The number of halogens is 1. The van der Waals surface area contributed by atoms with Crippen molar-refractivity contribution in [3.8, 4) is 0 Å². The van der Waals surface area contributed by atoms with Gasteiger partial charge in [0.1, 0.15) is 5.88 Å². The van der Waals surface area contributed by atoms with Crippen molar-refractivity contribution >= 4 is 17.6 Å². The van der Waals surface area contributed by atoms with E-state index < -0.39 is 5.97 Å². The van der Waals surface area contributed by atoms with Gasteiger partial charge < -0.3 is 14.7 Å². The van der Waals surface area contributed by atoms with E-state index in [0.29, 0.717) is 4.48 Å². The lowest BCUT2D eigenvalue weighted by Crippen LogP contribution is -2.44. The zero-order valence-electron chi connectivity index (χ0n) is 8.62. The van der Waals surface area contributed by atoms with Crippen molar-refractivity contribution in [1.29, 1.82) is 0 Å². The van der Waals surface area contributed by atoms with Crippen LogP contribution in [0.25, 0.3) is 0 Å². The molecule has 0 bridgehead atoms. The maximum absolute atomic E-state index is 9.24. The van der Waals surface area contributed by atoms with Crippen LogP contribution in [0.4, 0.5) is 0 Å². The van der Waals surface area contributed by atoms with E-state index in [1.807, 2.05) is 28.1 Å². The molecule has 0 aromatic rings. The maximum atomic E-state index is 9.24. The Morgan fingerprint density at radius 3 is 1.77 bits per heavy atom. The number of carboxylic acids is 1. The summed E-state index contributed by atoms with van der Waals surface area (Å²) in [6.07, 6.45) is 0.610. The van der Waals surface area contributed by atoms with Crippen LogP contribution in [0.5, 0.6) is 0 Å². The highest BCUT2D eigenvalue weighted by Gasteiger charge is 2.16. The predicted molar refractivity (Wildman–Crippen MR) is 52.7 cm³/mol. The molecule has 0 saturated heterocycles. The molecule has 1 unspecified atom stereocenters.